The van der Waals surface area contributed by atoms with Gasteiger partial charge in [-0.3, -0.25) is 9.59 Å². The Bertz CT molecular complexity index is 1230. The van der Waals surface area contributed by atoms with Crippen molar-refractivity contribution >= 4 is 22.8 Å². The van der Waals surface area contributed by atoms with Gasteiger partial charge in [0.05, 0.1) is 11.0 Å². The first kappa shape index (κ1) is 21.2. The van der Waals surface area contributed by atoms with E-state index in [1.54, 1.807) is 0 Å². The van der Waals surface area contributed by atoms with Gasteiger partial charge in [0, 0.05) is 45.4 Å². The van der Waals surface area contributed by atoms with Gasteiger partial charge < -0.3 is 19.5 Å². The monoisotopic (exact) mass is 458 g/mol. The maximum atomic E-state index is 13.0. The van der Waals surface area contributed by atoms with Crippen molar-refractivity contribution in [3.8, 4) is 5.75 Å². The summed E-state index contributed by atoms with van der Waals surface area (Å²) in [6.45, 7) is 2.00. The largest absolute Gasteiger partial charge is 0.480 e. The van der Waals surface area contributed by atoms with E-state index in [1.165, 1.54) is 0 Å². The zero-order valence-corrected chi connectivity index (χ0v) is 19.5. The number of para-hydroxylation sites is 3. The smallest absolute Gasteiger partial charge is 0.263 e. The van der Waals surface area contributed by atoms with E-state index in [2.05, 4.69) is 20.9 Å². The first-order chi connectivity index (χ1) is 16.5. The predicted octanol–water partition coefficient (Wildman–Crippen LogP) is 2.86. The highest BCUT2D eigenvalue weighted by molar-refractivity contribution is 5.84. The highest BCUT2D eigenvalue weighted by Gasteiger charge is 2.58. The number of likely N-dealkylation sites (tertiary alicyclic amines) is 1. The molecule has 1 aliphatic carbocycles. The van der Waals surface area contributed by atoms with Crippen LogP contribution in [0.2, 0.25) is 0 Å². The Morgan fingerprint density at radius 1 is 1.12 bits per heavy atom. The molecule has 2 amide bonds. The molecule has 1 N–H and O–H groups in total. The van der Waals surface area contributed by atoms with E-state index in [9.17, 15) is 9.59 Å². The number of hydrogen-bond donors (Lipinski definition) is 1. The molecule has 2 aromatic carbocycles. The number of nitrogens with zero attached hydrogens (tertiary/aromatic N) is 3. The van der Waals surface area contributed by atoms with Crippen LogP contribution in [0.3, 0.4) is 0 Å². The van der Waals surface area contributed by atoms with E-state index in [-0.39, 0.29) is 23.1 Å². The van der Waals surface area contributed by atoms with E-state index in [4.69, 9.17) is 4.74 Å². The normalized spacial score (nSPS) is 22.4. The van der Waals surface area contributed by atoms with Crippen LogP contribution in [-0.2, 0) is 29.5 Å². The van der Waals surface area contributed by atoms with Crippen LogP contribution in [0.25, 0.3) is 11.0 Å². The fourth-order valence-corrected chi connectivity index (χ4v) is 5.81. The molecule has 1 aromatic heterocycles. The van der Waals surface area contributed by atoms with Crippen molar-refractivity contribution in [2.75, 3.05) is 19.6 Å². The second kappa shape index (κ2) is 8.15. The molecule has 0 unspecified atom stereocenters. The summed E-state index contributed by atoms with van der Waals surface area (Å²) >= 11 is 0. The molecule has 1 spiro atoms. The molecule has 176 valence electrons. The van der Waals surface area contributed by atoms with Crippen molar-refractivity contribution in [3.05, 3.63) is 59.9 Å². The molecule has 7 heteroatoms. The fraction of sp³-hybridized carbons (Fsp3) is 0.444. The van der Waals surface area contributed by atoms with Gasteiger partial charge in [-0.2, -0.15) is 0 Å². The van der Waals surface area contributed by atoms with Crippen LogP contribution in [0.1, 0.15) is 30.7 Å². The maximum absolute atomic E-state index is 13.0. The Morgan fingerprint density at radius 3 is 2.68 bits per heavy atom. The van der Waals surface area contributed by atoms with Crippen LogP contribution >= 0.6 is 0 Å². The van der Waals surface area contributed by atoms with Gasteiger partial charge in [0.1, 0.15) is 11.6 Å². The molecule has 2 fully saturated rings. The third kappa shape index (κ3) is 3.63. The summed E-state index contributed by atoms with van der Waals surface area (Å²) in [5.74, 6) is 2.10. The SMILES string of the molecule is Cn1c(CCNC(=O)[C@@H]2CC23CCN(C(=O)[C@H]2Cc4ccccc4O2)CC3)nc2ccccc21. The minimum absolute atomic E-state index is 0.0668. The average Bonchev–Trinajstić information content (AvgIpc) is 3.22. The summed E-state index contributed by atoms with van der Waals surface area (Å²) in [6, 6.07) is 16.0. The number of rotatable bonds is 5. The summed E-state index contributed by atoms with van der Waals surface area (Å²) in [4.78, 5) is 32.5. The van der Waals surface area contributed by atoms with Gasteiger partial charge in [-0.1, -0.05) is 30.3 Å². The number of aromatic nitrogens is 2. The molecule has 3 aromatic rings. The standard InChI is InChI=1S/C27H30N4O3/c1-30-21-8-4-3-7-20(21)29-24(30)10-13-28-25(32)19-17-27(19)11-14-31(15-12-27)26(33)23-16-18-6-2-5-9-22(18)34-23/h2-9,19,23H,10-17H2,1H3,(H,28,32)/t19-,23+/m0/s1. The Balaban J connectivity index is 0.983. The number of piperidine rings is 1. The van der Waals surface area contributed by atoms with E-state index >= 15 is 0 Å². The predicted molar refractivity (Wildman–Crippen MR) is 128 cm³/mol. The average molecular weight is 459 g/mol. The first-order valence-corrected chi connectivity index (χ1v) is 12.3. The summed E-state index contributed by atoms with van der Waals surface area (Å²) < 4.78 is 7.99. The van der Waals surface area contributed by atoms with Crippen molar-refractivity contribution in [1.82, 2.24) is 19.8 Å². The molecule has 6 rings (SSSR count). The minimum Gasteiger partial charge on any atom is -0.480 e. The van der Waals surface area contributed by atoms with E-state index in [0.29, 0.717) is 32.5 Å². The lowest BCUT2D eigenvalue weighted by molar-refractivity contribution is -0.139. The van der Waals surface area contributed by atoms with Gasteiger partial charge in [-0.15, -0.1) is 0 Å². The summed E-state index contributed by atoms with van der Waals surface area (Å²) in [7, 11) is 2.02. The summed E-state index contributed by atoms with van der Waals surface area (Å²) in [6.07, 6.45) is 3.66. The molecule has 2 atom stereocenters. The summed E-state index contributed by atoms with van der Waals surface area (Å²) in [5.41, 5.74) is 3.27. The van der Waals surface area contributed by atoms with Crippen LogP contribution < -0.4 is 10.1 Å². The first-order valence-electron chi connectivity index (χ1n) is 12.3. The number of benzene rings is 2. The molecule has 2 aliphatic heterocycles. The number of aryl methyl sites for hydroxylation is 1. The van der Waals surface area contributed by atoms with Crippen LogP contribution in [0.4, 0.5) is 0 Å². The van der Waals surface area contributed by atoms with Crippen molar-refractivity contribution in [3.63, 3.8) is 0 Å². The molecule has 1 saturated heterocycles. The van der Waals surface area contributed by atoms with Crippen LogP contribution in [-0.4, -0.2) is 52.0 Å². The lowest BCUT2D eigenvalue weighted by Crippen LogP contribution is -2.46. The van der Waals surface area contributed by atoms with Crippen molar-refractivity contribution in [2.45, 2.75) is 38.2 Å². The molecular weight excluding hydrogens is 428 g/mol. The number of ether oxygens (including phenoxy) is 1. The van der Waals surface area contributed by atoms with E-state index in [1.807, 2.05) is 54.4 Å². The third-order valence-electron chi connectivity index (χ3n) is 8.03. The van der Waals surface area contributed by atoms with Crippen LogP contribution in [0, 0.1) is 11.3 Å². The zero-order valence-electron chi connectivity index (χ0n) is 19.5. The number of amides is 2. The highest BCUT2D eigenvalue weighted by Crippen LogP contribution is 2.59. The number of hydrogen-bond acceptors (Lipinski definition) is 4. The van der Waals surface area contributed by atoms with E-state index < -0.39 is 6.10 Å². The maximum Gasteiger partial charge on any atom is 0.263 e. The number of nitrogens with one attached hydrogen (secondary N) is 1. The van der Waals surface area contributed by atoms with Gasteiger partial charge in [0.15, 0.2) is 6.10 Å². The Hall–Kier alpha value is -3.35. The number of carbonyl (C=O) groups excluding carboxylic acids is 2. The molecule has 3 heterocycles. The minimum atomic E-state index is -0.410. The third-order valence-corrected chi connectivity index (χ3v) is 8.03. The quantitative estimate of drug-likeness (QED) is 0.638. The van der Waals surface area contributed by atoms with Crippen molar-refractivity contribution in [1.29, 1.82) is 0 Å². The molecule has 7 nitrogen and oxygen atoms in total. The number of carbonyl (C=O) groups is 2. The van der Waals surface area contributed by atoms with E-state index in [0.717, 1.165) is 47.4 Å². The van der Waals surface area contributed by atoms with Gasteiger partial charge in [0.25, 0.3) is 5.91 Å². The van der Waals surface area contributed by atoms with Gasteiger partial charge in [0.2, 0.25) is 5.91 Å². The number of fused-ring (bicyclic) bond motifs is 2. The second-order valence-electron chi connectivity index (χ2n) is 9.98. The molecular formula is C27H30N4O3. The molecule has 0 bridgehead atoms. The van der Waals surface area contributed by atoms with Crippen molar-refractivity contribution in [2.24, 2.45) is 18.4 Å². The molecule has 0 radical (unpaired) electrons. The Morgan fingerprint density at radius 2 is 1.88 bits per heavy atom. The highest BCUT2D eigenvalue weighted by atomic mass is 16.5. The number of imidazole rings is 1. The zero-order chi connectivity index (χ0) is 23.3. The van der Waals surface area contributed by atoms with Gasteiger partial charge in [-0.05, 0) is 48.4 Å². The molecule has 3 aliphatic rings. The van der Waals surface area contributed by atoms with Crippen LogP contribution in [0.15, 0.2) is 48.5 Å². The molecule has 34 heavy (non-hydrogen) atoms. The fourth-order valence-electron chi connectivity index (χ4n) is 5.81. The Labute approximate surface area is 199 Å². The van der Waals surface area contributed by atoms with Gasteiger partial charge >= 0.3 is 0 Å². The Kier molecular flexibility index (Phi) is 5.08. The lowest BCUT2D eigenvalue weighted by Gasteiger charge is -2.34. The summed E-state index contributed by atoms with van der Waals surface area (Å²) in [5, 5.41) is 3.13. The van der Waals surface area contributed by atoms with Gasteiger partial charge in [-0.25, -0.2) is 4.98 Å². The lowest BCUT2D eigenvalue weighted by atomic mass is 9.90. The van der Waals surface area contributed by atoms with Crippen LogP contribution in [0.5, 0.6) is 5.75 Å². The van der Waals surface area contributed by atoms with Crippen molar-refractivity contribution < 1.29 is 14.3 Å². The topological polar surface area (TPSA) is 76.5 Å². The molecule has 1 saturated carbocycles. The second-order valence-corrected chi connectivity index (χ2v) is 9.98.